The molecule has 128 valence electrons. The normalized spacial score (nSPS) is 11.4. The first-order valence-corrected chi connectivity index (χ1v) is 9.36. The Kier molecular flexibility index (Phi) is 4.92. The molecule has 0 radical (unpaired) electrons. The quantitative estimate of drug-likeness (QED) is 0.764. The van der Waals surface area contributed by atoms with E-state index in [4.69, 9.17) is 0 Å². The lowest BCUT2D eigenvalue weighted by Crippen LogP contribution is -2.24. The molecule has 1 N–H and O–H groups in total. The van der Waals surface area contributed by atoms with Gasteiger partial charge in [0.1, 0.15) is 0 Å². The van der Waals surface area contributed by atoms with Gasteiger partial charge in [-0.05, 0) is 60.9 Å². The third-order valence-corrected chi connectivity index (χ3v) is 5.42. The highest BCUT2D eigenvalue weighted by atomic mass is 32.2. The van der Waals surface area contributed by atoms with Gasteiger partial charge in [-0.15, -0.1) is 0 Å². The van der Waals surface area contributed by atoms with Crippen molar-refractivity contribution in [3.63, 3.8) is 0 Å². The second-order valence-electron chi connectivity index (χ2n) is 5.88. The van der Waals surface area contributed by atoms with E-state index in [-0.39, 0.29) is 6.54 Å². The molecule has 1 aromatic carbocycles. The molecule has 2 heterocycles. The summed E-state index contributed by atoms with van der Waals surface area (Å²) in [4.78, 5) is 8.72. The van der Waals surface area contributed by atoms with Crippen molar-refractivity contribution < 1.29 is 8.42 Å². The summed E-state index contributed by atoms with van der Waals surface area (Å²) in [6.07, 6.45) is 5.10. The van der Waals surface area contributed by atoms with Crippen molar-refractivity contribution in [3.8, 4) is 11.3 Å². The highest BCUT2D eigenvalue weighted by Gasteiger charge is 2.16. The summed E-state index contributed by atoms with van der Waals surface area (Å²) in [6, 6.07) is 12.8. The number of aryl methyl sites for hydroxylation is 2. The van der Waals surface area contributed by atoms with Crippen LogP contribution in [-0.4, -0.2) is 18.4 Å². The lowest BCUT2D eigenvalue weighted by molar-refractivity contribution is 0.580. The minimum absolute atomic E-state index is 0.200. The third kappa shape index (κ3) is 4.10. The number of benzene rings is 1. The first kappa shape index (κ1) is 17.3. The average Bonchev–Trinajstić information content (AvgIpc) is 2.63. The predicted molar refractivity (Wildman–Crippen MR) is 97.4 cm³/mol. The Morgan fingerprint density at radius 2 is 1.88 bits per heavy atom. The first-order valence-electron chi connectivity index (χ1n) is 7.88. The van der Waals surface area contributed by atoms with Crippen molar-refractivity contribution in [1.29, 1.82) is 0 Å². The number of hydrogen-bond donors (Lipinski definition) is 1. The molecule has 0 unspecified atom stereocenters. The molecule has 0 spiro atoms. The van der Waals surface area contributed by atoms with Crippen LogP contribution in [0.4, 0.5) is 0 Å². The van der Waals surface area contributed by atoms with E-state index in [9.17, 15) is 8.42 Å². The van der Waals surface area contributed by atoms with E-state index >= 15 is 0 Å². The molecule has 3 rings (SSSR count). The van der Waals surface area contributed by atoms with Crippen molar-refractivity contribution in [2.24, 2.45) is 0 Å². The van der Waals surface area contributed by atoms with Crippen molar-refractivity contribution in [2.75, 3.05) is 0 Å². The molecule has 0 fully saturated rings. The van der Waals surface area contributed by atoms with E-state index in [1.807, 2.05) is 37.3 Å². The van der Waals surface area contributed by atoms with Crippen LogP contribution in [0.15, 0.2) is 66.0 Å². The molecule has 0 aliphatic heterocycles. The Morgan fingerprint density at radius 1 is 1.04 bits per heavy atom. The second-order valence-corrected chi connectivity index (χ2v) is 7.62. The van der Waals surface area contributed by atoms with Crippen LogP contribution in [-0.2, 0) is 16.6 Å². The maximum absolute atomic E-state index is 12.6. The maximum atomic E-state index is 12.6. The summed E-state index contributed by atoms with van der Waals surface area (Å²) in [5.74, 6) is 0. The molecular weight excluding hydrogens is 334 g/mol. The largest absolute Gasteiger partial charge is 0.264 e. The second kappa shape index (κ2) is 7.13. The Bertz CT molecular complexity index is 987. The highest BCUT2D eigenvalue weighted by molar-refractivity contribution is 7.89. The third-order valence-electron chi connectivity index (χ3n) is 3.88. The van der Waals surface area contributed by atoms with Crippen LogP contribution in [0.3, 0.4) is 0 Å². The van der Waals surface area contributed by atoms with Crippen LogP contribution >= 0.6 is 0 Å². The van der Waals surface area contributed by atoms with Gasteiger partial charge in [0.25, 0.3) is 0 Å². The average molecular weight is 353 g/mol. The number of sulfonamides is 1. The Morgan fingerprint density at radius 3 is 2.64 bits per heavy atom. The van der Waals surface area contributed by atoms with Gasteiger partial charge < -0.3 is 0 Å². The summed E-state index contributed by atoms with van der Waals surface area (Å²) in [6.45, 7) is 3.87. The summed E-state index contributed by atoms with van der Waals surface area (Å²) in [7, 11) is -3.57. The number of nitrogens with one attached hydrogen (secondary N) is 1. The Hall–Kier alpha value is -2.57. The van der Waals surface area contributed by atoms with Crippen molar-refractivity contribution >= 4 is 10.0 Å². The lowest BCUT2D eigenvalue weighted by atomic mass is 10.1. The molecule has 0 aliphatic rings. The smallest absolute Gasteiger partial charge is 0.241 e. The number of aromatic nitrogens is 2. The minimum Gasteiger partial charge on any atom is -0.264 e. The number of nitrogens with zero attached hydrogens (tertiary/aromatic N) is 2. The van der Waals surface area contributed by atoms with Crippen LogP contribution in [0.25, 0.3) is 11.3 Å². The van der Waals surface area contributed by atoms with Gasteiger partial charge in [-0.1, -0.05) is 12.1 Å². The molecule has 2 aromatic heterocycles. The van der Waals surface area contributed by atoms with Crippen LogP contribution in [0.1, 0.15) is 16.7 Å². The fourth-order valence-electron chi connectivity index (χ4n) is 2.51. The van der Waals surface area contributed by atoms with Gasteiger partial charge in [0.2, 0.25) is 10.0 Å². The summed E-state index contributed by atoms with van der Waals surface area (Å²) in [5, 5.41) is 0. The van der Waals surface area contributed by atoms with Gasteiger partial charge >= 0.3 is 0 Å². The number of rotatable bonds is 5. The van der Waals surface area contributed by atoms with Crippen molar-refractivity contribution in [1.82, 2.24) is 14.7 Å². The molecule has 0 bridgehead atoms. The zero-order valence-corrected chi connectivity index (χ0v) is 14.9. The lowest BCUT2D eigenvalue weighted by Gasteiger charge is -2.11. The van der Waals surface area contributed by atoms with E-state index in [0.717, 1.165) is 27.9 Å². The van der Waals surface area contributed by atoms with E-state index in [2.05, 4.69) is 14.7 Å². The molecule has 6 heteroatoms. The zero-order chi connectivity index (χ0) is 17.9. The van der Waals surface area contributed by atoms with E-state index < -0.39 is 10.0 Å². The summed E-state index contributed by atoms with van der Waals surface area (Å²) in [5.41, 5.74) is 4.12. The summed E-state index contributed by atoms with van der Waals surface area (Å²) >= 11 is 0. The molecule has 25 heavy (non-hydrogen) atoms. The molecule has 5 nitrogen and oxygen atoms in total. The SMILES string of the molecule is Cc1ccc(C)c(S(=O)(=O)NCc2ccnc(-c3cccnc3)c2)c1. The monoisotopic (exact) mass is 353 g/mol. The molecular formula is C19H19N3O2S. The predicted octanol–water partition coefficient (Wildman–Crippen LogP) is 3.24. The fraction of sp³-hybridized carbons (Fsp3) is 0.158. The molecule has 0 saturated carbocycles. The van der Waals surface area contributed by atoms with Crippen LogP contribution < -0.4 is 4.72 Å². The first-order chi connectivity index (χ1) is 12.0. The van der Waals surface area contributed by atoms with Gasteiger partial charge in [-0.25, -0.2) is 13.1 Å². The van der Waals surface area contributed by atoms with Gasteiger partial charge in [0.15, 0.2) is 0 Å². The molecule has 3 aromatic rings. The standard InChI is InChI=1S/C19H19N3O2S/c1-14-5-6-15(2)19(10-14)25(23,24)22-12-16-7-9-21-18(11-16)17-4-3-8-20-13-17/h3-11,13,22H,12H2,1-2H3. The van der Waals surface area contributed by atoms with Gasteiger partial charge in [-0.2, -0.15) is 0 Å². The Balaban J connectivity index is 1.81. The zero-order valence-electron chi connectivity index (χ0n) is 14.1. The van der Waals surface area contributed by atoms with Crippen molar-refractivity contribution in [3.05, 3.63) is 77.7 Å². The Labute approximate surface area is 147 Å². The van der Waals surface area contributed by atoms with Crippen LogP contribution in [0.2, 0.25) is 0 Å². The van der Waals surface area contributed by atoms with E-state index in [1.165, 1.54) is 0 Å². The minimum atomic E-state index is -3.57. The number of hydrogen-bond acceptors (Lipinski definition) is 4. The van der Waals surface area contributed by atoms with E-state index in [0.29, 0.717) is 4.90 Å². The molecule has 0 aliphatic carbocycles. The van der Waals surface area contributed by atoms with Crippen molar-refractivity contribution in [2.45, 2.75) is 25.3 Å². The fourth-order valence-corrected chi connectivity index (χ4v) is 3.85. The molecule has 0 amide bonds. The maximum Gasteiger partial charge on any atom is 0.241 e. The van der Waals surface area contributed by atoms with Crippen LogP contribution in [0.5, 0.6) is 0 Å². The number of pyridine rings is 2. The van der Waals surface area contributed by atoms with Gasteiger partial charge in [0.05, 0.1) is 10.6 Å². The highest BCUT2D eigenvalue weighted by Crippen LogP contribution is 2.19. The van der Waals surface area contributed by atoms with Gasteiger partial charge in [-0.3, -0.25) is 9.97 Å². The van der Waals surface area contributed by atoms with Gasteiger partial charge in [0, 0.05) is 30.7 Å². The van der Waals surface area contributed by atoms with E-state index in [1.54, 1.807) is 37.6 Å². The topological polar surface area (TPSA) is 72.0 Å². The molecule has 0 atom stereocenters. The van der Waals surface area contributed by atoms with Crippen LogP contribution in [0, 0.1) is 13.8 Å². The summed E-state index contributed by atoms with van der Waals surface area (Å²) < 4.78 is 27.9. The molecule has 0 saturated heterocycles.